The molecule has 0 aliphatic carbocycles. The molecule has 2 aliphatic heterocycles. The molecule has 0 aromatic carbocycles. The number of rotatable bonds is 4. The molecule has 4 unspecified atom stereocenters. The number of nitrogens with two attached hydrogens (primary N) is 1. The van der Waals surface area contributed by atoms with Crippen LogP contribution < -0.4 is 5.73 Å². The Kier molecular flexibility index (Phi) is 2.93. The van der Waals surface area contributed by atoms with Gasteiger partial charge in [0, 0.05) is 12.0 Å². The van der Waals surface area contributed by atoms with Crippen LogP contribution in [0.15, 0.2) is 12.2 Å². The average Bonchev–Trinajstić information content (AvgIpc) is 2.78. The maximum atomic E-state index is 6.20. The molecule has 14 heavy (non-hydrogen) atoms. The third-order valence-electron chi connectivity index (χ3n) is 3.73. The molecule has 2 rings (SSSR count). The quantitative estimate of drug-likeness (QED) is 0.698. The first-order valence-electron chi connectivity index (χ1n) is 5.78. The number of hydrogen-bond donors (Lipinski definition) is 1. The van der Waals surface area contributed by atoms with E-state index in [1.165, 1.54) is 24.8 Å². The fourth-order valence-electron chi connectivity index (χ4n) is 2.76. The molecule has 0 amide bonds. The maximum Gasteiger partial charge on any atom is 0.0623 e. The van der Waals surface area contributed by atoms with Gasteiger partial charge < -0.3 is 10.5 Å². The summed E-state index contributed by atoms with van der Waals surface area (Å²) in [4.78, 5) is 0. The summed E-state index contributed by atoms with van der Waals surface area (Å²) in [5.41, 5.74) is 7.48. The monoisotopic (exact) mass is 195 g/mol. The van der Waals surface area contributed by atoms with Crippen molar-refractivity contribution in [2.24, 2.45) is 11.7 Å². The van der Waals surface area contributed by atoms with E-state index in [9.17, 15) is 0 Å². The van der Waals surface area contributed by atoms with Gasteiger partial charge in [0.25, 0.3) is 0 Å². The predicted molar refractivity (Wildman–Crippen MR) is 58.0 cm³/mol. The Balaban J connectivity index is 1.86. The number of hydrogen-bond acceptors (Lipinski definition) is 2. The van der Waals surface area contributed by atoms with Crippen LogP contribution in [0.1, 0.15) is 39.0 Å². The van der Waals surface area contributed by atoms with E-state index in [2.05, 4.69) is 13.5 Å². The fraction of sp³-hybridized carbons (Fsp3) is 0.833. The van der Waals surface area contributed by atoms with Crippen molar-refractivity contribution in [3.8, 4) is 0 Å². The second kappa shape index (κ2) is 4.03. The number of fused-ring (bicyclic) bond motifs is 2. The molecule has 2 N–H and O–H groups in total. The van der Waals surface area contributed by atoms with E-state index in [4.69, 9.17) is 10.5 Å². The summed E-state index contributed by atoms with van der Waals surface area (Å²) < 4.78 is 5.81. The Labute approximate surface area is 86.5 Å². The highest BCUT2D eigenvalue weighted by molar-refractivity contribution is 5.01. The third-order valence-corrected chi connectivity index (χ3v) is 3.73. The lowest BCUT2D eigenvalue weighted by Gasteiger charge is -2.25. The largest absolute Gasteiger partial charge is 0.375 e. The molecule has 2 heteroatoms. The summed E-state index contributed by atoms with van der Waals surface area (Å²) in [5, 5.41) is 0. The van der Waals surface area contributed by atoms with Gasteiger partial charge in [-0.1, -0.05) is 19.1 Å². The fourth-order valence-corrected chi connectivity index (χ4v) is 2.76. The summed E-state index contributed by atoms with van der Waals surface area (Å²) in [6.45, 7) is 6.17. The van der Waals surface area contributed by atoms with E-state index in [-0.39, 0.29) is 6.04 Å². The van der Waals surface area contributed by atoms with Gasteiger partial charge >= 0.3 is 0 Å². The standard InChI is InChI=1S/C12H21NO/c1-3-8(2)6-11(13)10-7-9-4-5-12(10)14-9/h9-12H,2-7,13H2,1H3. The van der Waals surface area contributed by atoms with Gasteiger partial charge in [-0.2, -0.15) is 0 Å². The molecule has 4 atom stereocenters. The Hall–Kier alpha value is -0.340. The van der Waals surface area contributed by atoms with Gasteiger partial charge in [0.1, 0.15) is 0 Å². The van der Waals surface area contributed by atoms with Crippen molar-refractivity contribution in [2.45, 2.75) is 57.3 Å². The van der Waals surface area contributed by atoms with Crippen molar-refractivity contribution in [1.82, 2.24) is 0 Å². The van der Waals surface area contributed by atoms with Crippen molar-refractivity contribution in [2.75, 3.05) is 0 Å². The maximum absolute atomic E-state index is 6.20. The lowest BCUT2D eigenvalue weighted by atomic mass is 9.82. The lowest BCUT2D eigenvalue weighted by molar-refractivity contribution is 0.0885. The second-order valence-corrected chi connectivity index (χ2v) is 4.74. The van der Waals surface area contributed by atoms with Crippen LogP contribution in [0.4, 0.5) is 0 Å². The normalized spacial score (nSPS) is 37.4. The summed E-state index contributed by atoms with van der Waals surface area (Å²) >= 11 is 0. The highest BCUT2D eigenvalue weighted by Gasteiger charge is 2.43. The minimum absolute atomic E-state index is 0.276. The number of ether oxygens (including phenoxy) is 1. The molecule has 2 aliphatic rings. The van der Waals surface area contributed by atoms with E-state index < -0.39 is 0 Å². The molecule has 0 aromatic rings. The topological polar surface area (TPSA) is 35.2 Å². The van der Waals surface area contributed by atoms with Crippen molar-refractivity contribution in [3.05, 3.63) is 12.2 Å². The van der Waals surface area contributed by atoms with Crippen LogP contribution in [0.5, 0.6) is 0 Å². The Bertz CT molecular complexity index is 226. The predicted octanol–water partition coefficient (Wildman–Crippen LogP) is 2.24. The highest BCUT2D eigenvalue weighted by Crippen LogP contribution is 2.40. The van der Waals surface area contributed by atoms with Crippen LogP contribution in [0.2, 0.25) is 0 Å². The van der Waals surface area contributed by atoms with Crippen LogP contribution in [0.25, 0.3) is 0 Å². The van der Waals surface area contributed by atoms with Gasteiger partial charge in [-0.3, -0.25) is 0 Å². The first-order chi connectivity index (χ1) is 6.70. The molecule has 0 aromatic heterocycles. The lowest BCUT2D eigenvalue weighted by Crippen LogP contribution is -2.36. The van der Waals surface area contributed by atoms with Gasteiger partial charge in [-0.25, -0.2) is 0 Å². The molecule has 2 nitrogen and oxygen atoms in total. The molecule has 2 bridgehead atoms. The molecule has 0 spiro atoms. The highest BCUT2D eigenvalue weighted by atomic mass is 16.5. The Morgan fingerprint density at radius 2 is 2.36 bits per heavy atom. The van der Waals surface area contributed by atoms with E-state index in [1.54, 1.807) is 0 Å². The van der Waals surface area contributed by atoms with Gasteiger partial charge in [0.2, 0.25) is 0 Å². The van der Waals surface area contributed by atoms with Crippen LogP contribution in [0.3, 0.4) is 0 Å². The van der Waals surface area contributed by atoms with Crippen LogP contribution in [-0.4, -0.2) is 18.2 Å². The zero-order valence-corrected chi connectivity index (χ0v) is 9.04. The van der Waals surface area contributed by atoms with Gasteiger partial charge in [0.05, 0.1) is 12.2 Å². The summed E-state index contributed by atoms with van der Waals surface area (Å²) in [7, 11) is 0. The van der Waals surface area contributed by atoms with Crippen molar-refractivity contribution in [3.63, 3.8) is 0 Å². The van der Waals surface area contributed by atoms with Gasteiger partial charge in [-0.05, 0) is 32.1 Å². The van der Waals surface area contributed by atoms with Crippen LogP contribution in [0, 0.1) is 5.92 Å². The molecular weight excluding hydrogens is 174 g/mol. The Morgan fingerprint density at radius 3 is 2.86 bits per heavy atom. The molecule has 2 heterocycles. The average molecular weight is 195 g/mol. The van der Waals surface area contributed by atoms with Crippen molar-refractivity contribution >= 4 is 0 Å². The van der Waals surface area contributed by atoms with Gasteiger partial charge in [0.15, 0.2) is 0 Å². The van der Waals surface area contributed by atoms with Crippen molar-refractivity contribution in [1.29, 1.82) is 0 Å². The first kappa shape index (κ1) is 10.2. The molecule has 2 fully saturated rings. The van der Waals surface area contributed by atoms with Crippen LogP contribution in [-0.2, 0) is 4.74 Å². The molecule has 0 radical (unpaired) electrons. The van der Waals surface area contributed by atoms with E-state index in [0.717, 1.165) is 12.8 Å². The third kappa shape index (κ3) is 1.86. The van der Waals surface area contributed by atoms with E-state index in [1.807, 2.05) is 0 Å². The molecule has 0 saturated carbocycles. The SMILES string of the molecule is C=C(CC)CC(N)C1CC2CCC1O2. The van der Waals surface area contributed by atoms with Gasteiger partial charge in [-0.15, -0.1) is 0 Å². The molecule has 2 saturated heterocycles. The van der Waals surface area contributed by atoms with Crippen LogP contribution >= 0.6 is 0 Å². The minimum atomic E-state index is 0.276. The second-order valence-electron chi connectivity index (χ2n) is 4.74. The van der Waals surface area contributed by atoms with Crippen molar-refractivity contribution < 1.29 is 4.74 Å². The summed E-state index contributed by atoms with van der Waals surface area (Å²) in [5.74, 6) is 0.594. The van der Waals surface area contributed by atoms with E-state index >= 15 is 0 Å². The molecule has 80 valence electrons. The summed E-state index contributed by atoms with van der Waals surface area (Å²) in [6, 6.07) is 0.276. The zero-order valence-electron chi connectivity index (χ0n) is 9.04. The zero-order chi connectivity index (χ0) is 10.1. The smallest absolute Gasteiger partial charge is 0.0623 e. The first-order valence-corrected chi connectivity index (χ1v) is 5.78. The summed E-state index contributed by atoms with van der Waals surface area (Å²) in [6.07, 6.45) is 6.67. The minimum Gasteiger partial charge on any atom is -0.375 e. The molecular formula is C12H21NO. The van der Waals surface area contributed by atoms with E-state index in [0.29, 0.717) is 18.1 Å². The Morgan fingerprint density at radius 1 is 1.57 bits per heavy atom.